The van der Waals surface area contributed by atoms with Crippen molar-refractivity contribution in [1.29, 1.82) is 0 Å². The number of nitrogens with one attached hydrogen (secondary N) is 2. The summed E-state index contributed by atoms with van der Waals surface area (Å²) < 4.78 is 21.6. The van der Waals surface area contributed by atoms with Crippen molar-refractivity contribution in [3.63, 3.8) is 0 Å². The first-order valence-electron chi connectivity index (χ1n) is 11.5. The van der Waals surface area contributed by atoms with Gasteiger partial charge in [-0.05, 0) is 23.3 Å². The van der Waals surface area contributed by atoms with E-state index in [4.69, 9.17) is 24.7 Å². The van der Waals surface area contributed by atoms with Crippen LogP contribution in [0.15, 0.2) is 48.5 Å². The molecule has 1 aromatic heterocycles. The molecule has 3 rings (SSSR count). The van der Waals surface area contributed by atoms with Gasteiger partial charge in [-0.3, -0.25) is 0 Å². The molecule has 0 aliphatic carbocycles. The van der Waals surface area contributed by atoms with Crippen LogP contribution >= 0.6 is 0 Å². The number of hydrogen-bond donors (Lipinski definition) is 3. The van der Waals surface area contributed by atoms with Gasteiger partial charge in [-0.1, -0.05) is 30.3 Å². The van der Waals surface area contributed by atoms with Crippen LogP contribution in [0.1, 0.15) is 17.0 Å². The number of nitrogens with two attached hydrogens (primary N) is 1. The highest BCUT2D eigenvalue weighted by atomic mass is 16.5. The molecule has 0 aliphatic heterocycles. The summed E-state index contributed by atoms with van der Waals surface area (Å²) in [5.41, 5.74) is 7.49. The summed E-state index contributed by atoms with van der Waals surface area (Å²) in [4.78, 5) is 13.7. The van der Waals surface area contributed by atoms with Gasteiger partial charge in [0.2, 0.25) is 11.9 Å². The lowest BCUT2D eigenvalue weighted by atomic mass is 10.1. The molecule has 0 saturated carbocycles. The van der Waals surface area contributed by atoms with Gasteiger partial charge in [0.15, 0.2) is 0 Å². The van der Waals surface area contributed by atoms with Crippen LogP contribution in [0.2, 0.25) is 0 Å². The summed E-state index contributed by atoms with van der Waals surface area (Å²) >= 11 is 0. The van der Waals surface area contributed by atoms with Crippen LogP contribution in [0.5, 0.6) is 11.5 Å². The Labute approximate surface area is 206 Å². The molecule has 0 bridgehead atoms. The van der Waals surface area contributed by atoms with E-state index < -0.39 is 0 Å². The maximum Gasteiger partial charge on any atom is 0.228 e. The van der Waals surface area contributed by atoms with E-state index in [1.165, 1.54) is 0 Å². The van der Waals surface area contributed by atoms with Crippen LogP contribution in [0.25, 0.3) is 0 Å². The number of aromatic nitrogens is 3. The molecule has 0 atom stereocenters. The van der Waals surface area contributed by atoms with Crippen molar-refractivity contribution in [3.8, 4) is 11.5 Å². The van der Waals surface area contributed by atoms with Crippen molar-refractivity contribution >= 4 is 11.9 Å². The largest absolute Gasteiger partial charge is 0.497 e. The van der Waals surface area contributed by atoms with E-state index in [-0.39, 0.29) is 0 Å². The Kier molecular flexibility index (Phi) is 11.0. The summed E-state index contributed by atoms with van der Waals surface area (Å²) in [6.07, 6.45) is 0.592. The SMILES string of the molecule is COc1cc(CNc2nc(Cc3ccccc3)nc(NCCOCCOCCN)n2)cc(OC)c1. The zero-order valence-corrected chi connectivity index (χ0v) is 20.3. The second-order valence-corrected chi connectivity index (χ2v) is 7.58. The Hall–Kier alpha value is -3.47. The minimum atomic E-state index is 0.478. The van der Waals surface area contributed by atoms with E-state index in [1.807, 2.05) is 48.5 Å². The summed E-state index contributed by atoms with van der Waals surface area (Å²) in [5, 5.41) is 6.51. The lowest BCUT2D eigenvalue weighted by molar-refractivity contribution is 0.0547. The molecule has 0 saturated heterocycles. The molecular formula is C25H34N6O4. The van der Waals surface area contributed by atoms with E-state index in [1.54, 1.807) is 14.2 Å². The second kappa shape index (κ2) is 14.7. The van der Waals surface area contributed by atoms with Crippen molar-refractivity contribution in [2.75, 3.05) is 64.4 Å². The number of anilines is 2. The molecule has 0 spiro atoms. The molecule has 1 heterocycles. The fourth-order valence-corrected chi connectivity index (χ4v) is 3.23. The number of rotatable bonds is 16. The molecule has 4 N–H and O–H groups in total. The van der Waals surface area contributed by atoms with Gasteiger partial charge in [0, 0.05) is 32.1 Å². The summed E-state index contributed by atoms with van der Waals surface area (Å²) in [6.45, 7) is 3.62. The van der Waals surface area contributed by atoms with Crippen LogP contribution in [-0.2, 0) is 22.4 Å². The topological polar surface area (TPSA) is 126 Å². The number of benzene rings is 2. The van der Waals surface area contributed by atoms with Gasteiger partial charge in [0.1, 0.15) is 17.3 Å². The van der Waals surface area contributed by atoms with Crippen molar-refractivity contribution < 1.29 is 18.9 Å². The van der Waals surface area contributed by atoms with Crippen LogP contribution in [0.4, 0.5) is 11.9 Å². The molecule has 0 amide bonds. The quantitative estimate of drug-likeness (QED) is 0.262. The lowest BCUT2D eigenvalue weighted by Crippen LogP contribution is -2.17. The molecule has 10 nitrogen and oxygen atoms in total. The first-order chi connectivity index (χ1) is 17.2. The fourth-order valence-electron chi connectivity index (χ4n) is 3.23. The standard InChI is InChI=1S/C25H34N6O4/c1-32-21-14-20(15-22(17-21)33-2)18-28-25-30-23(16-19-6-4-3-5-7-19)29-24(31-25)27-9-11-35-13-12-34-10-8-26/h3-7,14-15,17H,8-13,16,18,26H2,1-2H3,(H2,27,28,29,30,31). The van der Waals surface area contributed by atoms with Crippen LogP contribution in [0, 0.1) is 0 Å². The van der Waals surface area contributed by atoms with E-state index in [0.29, 0.717) is 70.2 Å². The normalized spacial score (nSPS) is 10.7. The van der Waals surface area contributed by atoms with Gasteiger partial charge in [-0.15, -0.1) is 0 Å². The molecule has 10 heteroatoms. The highest BCUT2D eigenvalue weighted by Gasteiger charge is 2.09. The molecule has 0 aliphatic rings. The smallest absolute Gasteiger partial charge is 0.228 e. The Balaban J connectivity index is 1.64. The summed E-state index contributed by atoms with van der Waals surface area (Å²) in [5.74, 6) is 3.07. The Morgan fingerprint density at radius 2 is 1.40 bits per heavy atom. The second-order valence-electron chi connectivity index (χ2n) is 7.58. The predicted molar refractivity (Wildman–Crippen MR) is 135 cm³/mol. The average molecular weight is 483 g/mol. The molecule has 0 radical (unpaired) electrons. The molecule has 188 valence electrons. The monoisotopic (exact) mass is 482 g/mol. The number of nitrogens with zero attached hydrogens (tertiary/aromatic N) is 3. The molecule has 0 unspecified atom stereocenters. The molecule has 2 aromatic carbocycles. The van der Waals surface area contributed by atoms with Gasteiger partial charge >= 0.3 is 0 Å². The van der Waals surface area contributed by atoms with E-state index in [2.05, 4.69) is 25.6 Å². The molecule has 3 aromatic rings. The van der Waals surface area contributed by atoms with E-state index in [0.717, 1.165) is 22.6 Å². The average Bonchev–Trinajstić information content (AvgIpc) is 2.89. The third kappa shape index (κ3) is 9.36. The first-order valence-corrected chi connectivity index (χ1v) is 11.5. The van der Waals surface area contributed by atoms with Crippen molar-refractivity contribution in [3.05, 3.63) is 65.5 Å². The van der Waals surface area contributed by atoms with Crippen molar-refractivity contribution in [2.24, 2.45) is 5.73 Å². The van der Waals surface area contributed by atoms with Crippen LogP contribution in [-0.4, -0.2) is 68.7 Å². The Bertz CT molecular complexity index is 1000. The maximum atomic E-state index is 5.57. The molecule has 35 heavy (non-hydrogen) atoms. The van der Waals surface area contributed by atoms with Gasteiger partial charge < -0.3 is 35.3 Å². The minimum absolute atomic E-state index is 0.478. The number of methoxy groups -OCH3 is 2. The van der Waals surface area contributed by atoms with E-state index in [9.17, 15) is 0 Å². The number of ether oxygens (including phenoxy) is 4. The third-order valence-electron chi connectivity index (χ3n) is 4.91. The van der Waals surface area contributed by atoms with Crippen LogP contribution < -0.4 is 25.8 Å². The Morgan fingerprint density at radius 3 is 2.06 bits per heavy atom. The van der Waals surface area contributed by atoms with Crippen molar-refractivity contribution in [1.82, 2.24) is 15.0 Å². The fraction of sp³-hybridized carbons (Fsp3) is 0.400. The Morgan fingerprint density at radius 1 is 0.743 bits per heavy atom. The van der Waals surface area contributed by atoms with Gasteiger partial charge in [-0.2, -0.15) is 15.0 Å². The van der Waals surface area contributed by atoms with Crippen LogP contribution in [0.3, 0.4) is 0 Å². The zero-order chi connectivity index (χ0) is 24.7. The highest BCUT2D eigenvalue weighted by molar-refractivity contribution is 5.41. The minimum Gasteiger partial charge on any atom is -0.497 e. The van der Waals surface area contributed by atoms with E-state index >= 15 is 0 Å². The first kappa shape index (κ1) is 26.1. The van der Waals surface area contributed by atoms with Crippen molar-refractivity contribution in [2.45, 2.75) is 13.0 Å². The summed E-state index contributed by atoms with van der Waals surface area (Å²) in [6, 6.07) is 15.8. The maximum absolute atomic E-state index is 5.57. The van der Waals surface area contributed by atoms with Gasteiger partial charge in [0.05, 0.1) is 40.6 Å². The lowest BCUT2D eigenvalue weighted by Gasteiger charge is -2.12. The van der Waals surface area contributed by atoms with Gasteiger partial charge in [-0.25, -0.2) is 0 Å². The molecule has 0 fully saturated rings. The molecular weight excluding hydrogens is 448 g/mol. The third-order valence-corrected chi connectivity index (χ3v) is 4.91. The zero-order valence-electron chi connectivity index (χ0n) is 20.3. The van der Waals surface area contributed by atoms with Gasteiger partial charge in [0.25, 0.3) is 0 Å². The summed E-state index contributed by atoms with van der Waals surface area (Å²) in [7, 11) is 3.26. The number of hydrogen-bond acceptors (Lipinski definition) is 10. The predicted octanol–water partition coefficient (Wildman–Crippen LogP) is 2.50. The highest BCUT2D eigenvalue weighted by Crippen LogP contribution is 2.23.